The van der Waals surface area contributed by atoms with Crippen LogP contribution in [0.3, 0.4) is 0 Å². The van der Waals surface area contributed by atoms with E-state index in [1.807, 2.05) is 42.7 Å². The minimum atomic E-state index is -0.842. The molecule has 0 unspecified atom stereocenters. The van der Waals surface area contributed by atoms with Crippen LogP contribution < -0.4 is 0 Å². The number of aliphatic carboxylic acids is 1. The van der Waals surface area contributed by atoms with Gasteiger partial charge in [0.05, 0.1) is 24.1 Å². The average Bonchev–Trinajstić information content (AvgIpc) is 2.75. The summed E-state index contributed by atoms with van der Waals surface area (Å²) in [6.45, 7) is 4.11. The topological polar surface area (TPSA) is 75.4 Å². The lowest BCUT2D eigenvalue weighted by molar-refractivity contribution is -0.137. The van der Waals surface area contributed by atoms with Gasteiger partial charge >= 0.3 is 5.97 Å². The van der Waals surface area contributed by atoms with Crippen molar-refractivity contribution >= 4 is 17.0 Å². The van der Waals surface area contributed by atoms with Crippen molar-refractivity contribution in [2.75, 3.05) is 6.61 Å². The maximum Gasteiger partial charge on any atom is 0.305 e. The summed E-state index contributed by atoms with van der Waals surface area (Å²) < 4.78 is 1.89. The number of hydrogen-bond donors (Lipinski definition) is 2. The van der Waals surface area contributed by atoms with Gasteiger partial charge in [-0.15, -0.1) is 0 Å². The largest absolute Gasteiger partial charge is 0.481 e. The van der Waals surface area contributed by atoms with E-state index in [-0.39, 0.29) is 13.0 Å². The number of para-hydroxylation sites is 2. The average molecular weight is 262 g/mol. The second-order valence-electron chi connectivity index (χ2n) is 5.26. The van der Waals surface area contributed by atoms with Crippen LogP contribution >= 0.6 is 0 Å². The highest BCUT2D eigenvalue weighted by molar-refractivity contribution is 5.76. The number of aryl methyl sites for hydroxylation is 1. The first-order valence-corrected chi connectivity index (χ1v) is 6.24. The highest BCUT2D eigenvalue weighted by Gasteiger charge is 2.27. The second-order valence-corrected chi connectivity index (χ2v) is 5.26. The molecule has 0 saturated heterocycles. The molecule has 0 aliphatic rings. The fourth-order valence-electron chi connectivity index (χ4n) is 2.10. The van der Waals surface area contributed by atoms with Crippen molar-refractivity contribution in [3.63, 3.8) is 0 Å². The molecule has 0 bridgehead atoms. The Bertz CT molecular complexity index is 602. The Balaban J connectivity index is 2.55. The van der Waals surface area contributed by atoms with Crippen molar-refractivity contribution in [2.24, 2.45) is 0 Å². The number of aromatic nitrogens is 2. The number of aliphatic hydroxyl groups excluding tert-OH is 1. The van der Waals surface area contributed by atoms with Crippen LogP contribution in [0.15, 0.2) is 24.3 Å². The standard InChI is InChI=1S/C14H18N2O3/c1-14(2,9-17)13-15-10-5-3-4-6-11(10)16(13)8-7-12(18)19/h3-6,17H,7-9H2,1-2H3,(H,18,19). The van der Waals surface area contributed by atoms with Crippen molar-refractivity contribution < 1.29 is 15.0 Å². The van der Waals surface area contributed by atoms with E-state index < -0.39 is 11.4 Å². The van der Waals surface area contributed by atoms with E-state index in [2.05, 4.69) is 4.98 Å². The number of rotatable bonds is 5. The molecule has 0 atom stereocenters. The summed E-state index contributed by atoms with van der Waals surface area (Å²) >= 11 is 0. The molecule has 5 nitrogen and oxygen atoms in total. The van der Waals surface area contributed by atoms with Crippen LogP contribution in [0.25, 0.3) is 11.0 Å². The fourth-order valence-corrected chi connectivity index (χ4v) is 2.10. The van der Waals surface area contributed by atoms with Crippen LogP contribution in [0.2, 0.25) is 0 Å². The number of carbonyl (C=O) groups is 1. The van der Waals surface area contributed by atoms with Crippen LogP contribution in [0, 0.1) is 0 Å². The maximum atomic E-state index is 10.8. The molecule has 2 aromatic rings. The van der Waals surface area contributed by atoms with Gasteiger partial charge in [-0.1, -0.05) is 26.0 Å². The molecule has 0 fully saturated rings. The summed E-state index contributed by atoms with van der Waals surface area (Å²) in [5.41, 5.74) is 1.22. The predicted molar refractivity (Wildman–Crippen MR) is 72.1 cm³/mol. The minimum Gasteiger partial charge on any atom is -0.481 e. The Morgan fingerprint density at radius 3 is 2.68 bits per heavy atom. The molecule has 19 heavy (non-hydrogen) atoms. The molecule has 1 aromatic carbocycles. The molecule has 0 aliphatic carbocycles. The zero-order chi connectivity index (χ0) is 14.0. The van der Waals surface area contributed by atoms with Gasteiger partial charge in [0.2, 0.25) is 0 Å². The van der Waals surface area contributed by atoms with Gasteiger partial charge in [-0.2, -0.15) is 0 Å². The number of aliphatic hydroxyl groups is 1. The molecular formula is C14H18N2O3. The molecule has 2 N–H and O–H groups in total. The van der Waals surface area contributed by atoms with Gasteiger partial charge < -0.3 is 14.8 Å². The zero-order valence-corrected chi connectivity index (χ0v) is 11.1. The number of fused-ring (bicyclic) bond motifs is 1. The first-order chi connectivity index (χ1) is 8.95. The summed E-state index contributed by atoms with van der Waals surface area (Å²) in [6.07, 6.45) is 0.0366. The number of benzene rings is 1. The van der Waals surface area contributed by atoms with Gasteiger partial charge in [0, 0.05) is 12.0 Å². The van der Waals surface area contributed by atoms with Crippen LogP contribution in [0.1, 0.15) is 26.1 Å². The normalized spacial score (nSPS) is 11.9. The van der Waals surface area contributed by atoms with Crippen molar-refractivity contribution in [3.05, 3.63) is 30.1 Å². The SMILES string of the molecule is CC(C)(CO)c1nc2ccccc2n1CCC(=O)O. The summed E-state index contributed by atoms with van der Waals surface area (Å²) in [4.78, 5) is 15.3. The van der Waals surface area contributed by atoms with Crippen molar-refractivity contribution in [3.8, 4) is 0 Å². The van der Waals surface area contributed by atoms with Crippen LogP contribution in [0.5, 0.6) is 0 Å². The molecule has 102 valence electrons. The Hall–Kier alpha value is -1.88. The van der Waals surface area contributed by atoms with Gasteiger partial charge in [0.1, 0.15) is 5.82 Å². The smallest absolute Gasteiger partial charge is 0.305 e. The van der Waals surface area contributed by atoms with Crippen LogP contribution in [-0.2, 0) is 16.8 Å². The molecule has 1 heterocycles. The van der Waals surface area contributed by atoms with E-state index in [4.69, 9.17) is 5.11 Å². The third-order valence-electron chi connectivity index (χ3n) is 3.20. The first kappa shape index (κ1) is 13.5. The molecule has 0 amide bonds. The number of imidazole rings is 1. The Labute approximate surface area is 111 Å². The van der Waals surface area contributed by atoms with Crippen molar-refractivity contribution in [1.29, 1.82) is 0 Å². The lowest BCUT2D eigenvalue weighted by atomic mass is 9.93. The van der Waals surface area contributed by atoms with Gasteiger partial charge in [-0.25, -0.2) is 4.98 Å². The van der Waals surface area contributed by atoms with Crippen molar-refractivity contribution in [1.82, 2.24) is 9.55 Å². The third kappa shape index (κ3) is 2.61. The molecule has 0 aliphatic heterocycles. The molecule has 1 aromatic heterocycles. The van der Waals surface area contributed by atoms with E-state index in [1.165, 1.54) is 0 Å². The van der Waals surface area contributed by atoms with Gasteiger partial charge in [-0.05, 0) is 12.1 Å². The quantitative estimate of drug-likeness (QED) is 0.861. The number of nitrogens with zero attached hydrogens (tertiary/aromatic N) is 2. The summed E-state index contributed by atoms with van der Waals surface area (Å²) in [6, 6.07) is 7.61. The lowest BCUT2D eigenvalue weighted by Crippen LogP contribution is -2.27. The lowest BCUT2D eigenvalue weighted by Gasteiger charge is -2.22. The Kier molecular flexibility index (Phi) is 3.57. The van der Waals surface area contributed by atoms with Gasteiger partial charge in [0.25, 0.3) is 0 Å². The monoisotopic (exact) mass is 262 g/mol. The number of carboxylic acid groups (broad SMARTS) is 1. The molecule has 5 heteroatoms. The first-order valence-electron chi connectivity index (χ1n) is 6.24. The van der Waals surface area contributed by atoms with Gasteiger partial charge in [-0.3, -0.25) is 4.79 Å². The predicted octanol–water partition coefficient (Wildman–Crippen LogP) is 1.78. The van der Waals surface area contributed by atoms with Crippen LogP contribution in [-0.4, -0.2) is 32.3 Å². The molecule has 0 saturated carbocycles. The van der Waals surface area contributed by atoms with Crippen molar-refractivity contribution in [2.45, 2.75) is 32.2 Å². The van der Waals surface area contributed by atoms with E-state index >= 15 is 0 Å². The Morgan fingerprint density at radius 1 is 1.37 bits per heavy atom. The number of hydrogen-bond acceptors (Lipinski definition) is 3. The van der Waals surface area contributed by atoms with Crippen LogP contribution in [0.4, 0.5) is 0 Å². The number of carboxylic acids is 1. The molecular weight excluding hydrogens is 244 g/mol. The Morgan fingerprint density at radius 2 is 2.05 bits per heavy atom. The van der Waals surface area contributed by atoms with E-state index in [0.717, 1.165) is 16.9 Å². The molecule has 2 rings (SSSR count). The van der Waals surface area contributed by atoms with Gasteiger partial charge in [0.15, 0.2) is 0 Å². The minimum absolute atomic E-state index is 0.0366. The summed E-state index contributed by atoms with van der Waals surface area (Å²) in [7, 11) is 0. The van der Waals surface area contributed by atoms with E-state index in [1.54, 1.807) is 0 Å². The van der Waals surface area contributed by atoms with E-state index in [9.17, 15) is 9.90 Å². The molecule has 0 radical (unpaired) electrons. The summed E-state index contributed by atoms with van der Waals surface area (Å²) in [5, 5.41) is 18.4. The van der Waals surface area contributed by atoms with E-state index in [0.29, 0.717) is 6.54 Å². The highest BCUT2D eigenvalue weighted by Crippen LogP contribution is 2.26. The maximum absolute atomic E-state index is 10.8. The summed E-state index contributed by atoms with van der Waals surface area (Å²) in [5.74, 6) is -0.122. The second kappa shape index (κ2) is 5.01. The zero-order valence-electron chi connectivity index (χ0n) is 11.1. The highest BCUT2D eigenvalue weighted by atomic mass is 16.4. The molecule has 0 spiro atoms. The fraction of sp³-hybridized carbons (Fsp3) is 0.429. The third-order valence-corrected chi connectivity index (χ3v) is 3.20.